The zero-order chi connectivity index (χ0) is 11.4. The Bertz CT molecular complexity index is 474. The van der Waals surface area contributed by atoms with Gasteiger partial charge in [-0.2, -0.15) is 0 Å². The number of aromatic nitrogens is 2. The predicted octanol–water partition coefficient (Wildman–Crippen LogP) is 2.64. The summed E-state index contributed by atoms with van der Waals surface area (Å²) in [5.41, 5.74) is -0.304. The normalized spacial score (nSPS) is 9.60. The number of benzene rings is 1. The van der Waals surface area contributed by atoms with Crippen LogP contribution in [0.5, 0.6) is 5.75 Å². The van der Waals surface area contributed by atoms with Crippen molar-refractivity contribution in [3.8, 4) is 5.75 Å². The van der Waals surface area contributed by atoms with Crippen LogP contribution in [0, 0.1) is 11.6 Å². The molecule has 2 aromatic rings. The fraction of sp³-hybridized carbons (Fsp3) is 0.200. The van der Waals surface area contributed by atoms with Crippen molar-refractivity contribution in [2.45, 2.75) is 13.8 Å². The first-order valence-corrected chi connectivity index (χ1v) is 4.48. The van der Waals surface area contributed by atoms with Crippen molar-refractivity contribution >= 4 is 11.0 Å². The lowest BCUT2D eigenvalue weighted by atomic mass is 10.2. The van der Waals surface area contributed by atoms with Crippen LogP contribution in [-0.2, 0) is 0 Å². The fourth-order valence-corrected chi connectivity index (χ4v) is 1.05. The zero-order valence-corrected chi connectivity index (χ0v) is 8.33. The maximum Gasteiger partial charge on any atom is 0.179 e. The first-order chi connectivity index (χ1) is 7.20. The molecule has 0 radical (unpaired) electrons. The van der Waals surface area contributed by atoms with Crippen LogP contribution in [-0.4, -0.2) is 15.1 Å². The summed E-state index contributed by atoms with van der Waals surface area (Å²) in [6.45, 7) is 4.00. The monoisotopic (exact) mass is 212 g/mol. The highest BCUT2D eigenvalue weighted by molar-refractivity contribution is 5.80. The van der Waals surface area contributed by atoms with Crippen LogP contribution >= 0.6 is 0 Å². The van der Waals surface area contributed by atoms with E-state index in [4.69, 9.17) is 5.11 Å². The van der Waals surface area contributed by atoms with E-state index in [0.717, 1.165) is 0 Å². The van der Waals surface area contributed by atoms with E-state index < -0.39 is 17.4 Å². The van der Waals surface area contributed by atoms with Crippen molar-refractivity contribution in [1.29, 1.82) is 0 Å². The third-order valence-corrected chi connectivity index (χ3v) is 1.63. The third-order valence-electron chi connectivity index (χ3n) is 1.63. The van der Waals surface area contributed by atoms with Crippen LogP contribution in [0.25, 0.3) is 11.0 Å². The molecule has 0 atom stereocenters. The first-order valence-electron chi connectivity index (χ1n) is 4.48. The van der Waals surface area contributed by atoms with Gasteiger partial charge in [0.1, 0.15) is 11.0 Å². The molecule has 0 aliphatic rings. The molecule has 15 heavy (non-hydrogen) atoms. The summed E-state index contributed by atoms with van der Waals surface area (Å²) in [4.78, 5) is 7.23. The Labute approximate surface area is 85.4 Å². The standard InChI is InChI=1S/C8H4F2N2O.C2H6/c9-4-3-5(10)8(13)7-6(4)11-1-2-12-7;1-2/h1-3,13H;1-2H3. The van der Waals surface area contributed by atoms with Gasteiger partial charge in [0.25, 0.3) is 0 Å². The molecule has 0 saturated heterocycles. The Balaban J connectivity index is 0.000000531. The summed E-state index contributed by atoms with van der Waals surface area (Å²) in [7, 11) is 0. The smallest absolute Gasteiger partial charge is 0.179 e. The largest absolute Gasteiger partial charge is 0.503 e. The molecule has 2 rings (SSSR count). The van der Waals surface area contributed by atoms with Gasteiger partial charge in [0.15, 0.2) is 17.4 Å². The molecule has 0 spiro atoms. The first kappa shape index (κ1) is 11.3. The van der Waals surface area contributed by atoms with E-state index >= 15 is 0 Å². The van der Waals surface area contributed by atoms with Gasteiger partial charge in [0, 0.05) is 18.5 Å². The predicted molar refractivity (Wildman–Crippen MR) is 52.5 cm³/mol. The second-order valence-corrected chi connectivity index (χ2v) is 2.44. The van der Waals surface area contributed by atoms with Crippen molar-refractivity contribution in [2.24, 2.45) is 0 Å². The Morgan fingerprint density at radius 2 is 1.53 bits per heavy atom. The van der Waals surface area contributed by atoms with Crippen LogP contribution in [0.4, 0.5) is 8.78 Å². The number of halogens is 2. The molecular formula is C10H10F2N2O. The summed E-state index contributed by atoms with van der Waals surface area (Å²) in [6, 6.07) is 0.576. The second kappa shape index (κ2) is 4.63. The van der Waals surface area contributed by atoms with E-state index in [1.54, 1.807) is 0 Å². The summed E-state index contributed by atoms with van der Waals surface area (Å²) in [5, 5.41) is 9.14. The molecule has 0 fully saturated rings. The van der Waals surface area contributed by atoms with E-state index in [1.807, 2.05) is 13.8 Å². The molecule has 3 nitrogen and oxygen atoms in total. The maximum absolute atomic E-state index is 13.0. The molecule has 0 aliphatic heterocycles. The van der Waals surface area contributed by atoms with Crippen LogP contribution in [0.15, 0.2) is 18.5 Å². The maximum atomic E-state index is 13.0. The number of phenols is 1. The SMILES string of the molecule is CC.Oc1c(F)cc(F)c2nccnc12. The number of hydrogen-bond acceptors (Lipinski definition) is 3. The van der Waals surface area contributed by atoms with Gasteiger partial charge >= 0.3 is 0 Å². The van der Waals surface area contributed by atoms with Gasteiger partial charge in [-0.1, -0.05) is 13.8 Å². The molecule has 5 heteroatoms. The summed E-state index contributed by atoms with van der Waals surface area (Å²) < 4.78 is 25.7. The van der Waals surface area contributed by atoms with Gasteiger partial charge in [-0.05, 0) is 0 Å². The van der Waals surface area contributed by atoms with Gasteiger partial charge in [-0.25, -0.2) is 18.7 Å². The molecule has 1 aromatic carbocycles. The minimum absolute atomic E-state index is 0.138. The number of aromatic hydroxyl groups is 1. The number of rotatable bonds is 0. The Kier molecular flexibility index (Phi) is 3.49. The summed E-state index contributed by atoms with van der Waals surface area (Å²) >= 11 is 0. The van der Waals surface area contributed by atoms with E-state index in [9.17, 15) is 8.78 Å². The zero-order valence-electron chi connectivity index (χ0n) is 8.33. The molecule has 1 N–H and O–H groups in total. The number of fused-ring (bicyclic) bond motifs is 1. The van der Waals surface area contributed by atoms with E-state index in [1.165, 1.54) is 12.4 Å². The van der Waals surface area contributed by atoms with Crippen LogP contribution in [0.1, 0.15) is 13.8 Å². The third kappa shape index (κ3) is 2.01. The van der Waals surface area contributed by atoms with E-state index in [2.05, 4.69) is 9.97 Å². The lowest BCUT2D eigenvalue weighted by Crippen LogP contribution is -1.90. The summed E-state index contributed by atoms with van der Waals surface area (Å²) in [5.74, 6) is -2.55. The van der Waals surface area contributed by atoms with Crippen molar-refractivity contribution in [1.82, 2.24) is 9.97 Å². The molecule has 0 unspecified atom stereocenters. The summed E-state index contributed by atoms with van der Waals surface area (Å²) in [6.07, 6.45) is 2.52. The highest BCUT2D eigenvalue weighted by Crippen LogP contribution is 2.26. The average molecular weight is 212 g/mol. The average Bonchev–Trinajstić information content (AvgIpc) is 2.29. The van der Waals surface area contributed by atoms with Gasteiger partial charge in [-0.3, -0.25) is 0 Å². The van der Waals surface area contributed by atoms with Crippen LogP contribution in [0.2, 0.25) is 0 Å². The Morgan fingerprint density at radius 3 is 2.13 bits per heavy atom. The van der Waals surface area contributed by atoms with Crippen LogP contribution in [0.3, 0.4) is 0 Å². The Morgan fingerprint density at radius 1 is 1.00 bits per heavy atom. The quantitative estimate of drug-likeness (QED) is 0.730. The highest BCUT2D eigenvalue weighted by atomic mass is 19.1. The van der Waals surface area contributed by atoms with Gasteiger partial charge < -0.3 is 5.11 Å². The second-order valence-electron chi connectivity index (χ2n) is 2.44. The van der Waals surface area contributed by atoms with E-state index in [-0.39, 0.29) is 11.0 Å². The molecule has 1 heterocycles. The van der Waals surface area contributed by atoms with Crippen LogP contribution < -0.4 is 0 Å². The van der Waals surface area contributed by atoms with Crippen molar-refractivity contribution in [2.75, 3.05) is 0 Å². The molecule has 0 aliphatic carbocycles. The Hall–Kier alpha value is -1.78. The van der Waals surface area contributed by atoms with Crippen molar-refractivity contribution in [3.05, 3.63) is 30.1 Å². The van der Waals surface area contributed by atoms with Gasteiger partial charge in [0.05, 0.1) is 0 Å². The molecule has 0 bridgehead atoms. The van der Waals surface area contributed by atoms with Gasteiger partial charge in [0.2, 0.25) is 0 Å². The van der Waals surface area contributed by atoms with Gasteiger partial charge in [-0.15, -0.1) is 0 Å². The lowest BCUT2D eigenvalue weighted by molar-refractivity contribution is 0.434. The molecule has 80 valence electrons. The highest BCUT2D eigenvalue weighted by Gasteiger charge is 2.12. The molecule has 0 amide bonds. The minimum Gasteiger partial charge on any atom is -0.503 e. The van der Waals surface area contributed by atoms with Crippen molar-refractivity contribution in [3.63, 3.8) is 0 Å². The van der Waals surface area contributed by atoms with Crippen molar-refractivity contribution < 1.29 is 13.9 Å². The lowest BCUT2D eigenvalue weighted by Gasteiger charge is -2.00. The number of hydrogen-bond donors (Lipinski definition) is 1. The number of nitrogens with zero attached hydrogens (tertiary/aromatic N) is 2. The molecule has 0 saturated carbocycles. The fourth-order valence-electron chi connectivity index (χ4n) is 1.05. The topological polar surface area (TPSA) is 46.0 Å². The minimum atomic E-state index is -1.04. The molecule has 1 aromatic heterocycles. The number of phenolic OH excluding ortho intramolecular Hbond substituents is 1. The molecular weight excluding hydrogens is 202 g/mol. The van der Waals surface area contributed by atoms with E-state index in [0.29, 0.717) is 6.07 Å².